The minimum absolute atomic E-state index is 0.0286. The van der Waals surface area contributed by atoms with Crippen molar-refractivity contribution >= 4 is 5.91 Å². The van der Waals surface area contributed by atoms with Crippen molar-refractivity contribution in [2.45, 2.75) is 26.3 Å². The molecule has 0 saturated carbocycles. The summed E-state index contributed by atoms with van der Waals surface area (Å²) >= 11 is 0. The number of aliphatic hydroxyl groups excluding tert-OH is 2. The smallest absolute Gasteiger partial charge is 0.255 e. The zero-order chi connectivity index (χ0) is 15.0. The highest BCUT2D eigenvalue weighted by Gasteiger charge is 2.20. The number of rotatable bonds is 5. The first-order chi connectivity index (χ1) is 9.61. The molecule has 1 aromatic rings. The number of amides is 1. The maximum Gasteiger partial charge on any atom is 0.255 e. The van der Waals surface area contributed by atoms with Crippen molar-refractivity contribution in [3.63, 3.8) is 0 Å². The molecule has 0 aromatic carbocycles. The normalized spacial score (nSPS) is 10.1. The van der Waals surface area contributed by atoms with E-state index in [1.165, 1.54) is 6.20 Å². The number of hydrogen-bond acceptors (Lipinski definition) is 4. The van der Waals surface area contributed by atoms with Gasteiger partial charge < -0.3 is 15.1 Å². The van der Waals surface area contributed by atoms with Crippen molar-refractivity contribution in [2.24, 2.45) is 0 Å². The number of carbonyl (C=O) groups is 1. The van der Waals surface area contributed by atoms with Crippen molar-refractivity contribution in [2.75, 3.05) is 19.8 Å². The predicted molar refractivity (Wildman–Crippen MR) is 76.1 cm³/mol. The van der Waals surface area contributed by atoms with Crippen LogP contribution in [0, 0.1) is 11.8 Å². The van der Waals surface area contributed by atoms with Gasteiger partial charge in [0, 0.05) is 31.6 Å². The average Bonchev–Trinajstić information content (AvgIpc) is 2.45. The van der Waals surface area contributed by atoms with E-state index in [-0.39, 0.29) is 25.2 Å². The third-order valence-electron chi connectivity index (χ3n) is 2.79. The van der Waals surface area contributed by atoms with E-state index in [9.17, 15) is 4.79 Å². The minimum Gasteiger partial charge on any atom is -0.396 e. The Morgan fingerprint density at radius 1 is 1.45 bits per heavy atom. The van der Waals surface area contributed by atoms with E-state index in [0.29, 0.717) is 24.1 Å². The van der Waals surface area contributed by atoms with Gasteiger partial charge in [0.2, 0.25) is 0 Å². The molecule has 0 aliphatic heterocycles. The number of aromatic nitrogens is 1. The van der Waals surface area contributed by atoms with Crippen LogP contribution in [0.2, 0.25) is 0 Å². The van der Waals surface area contributed by atoms with Gasteiger partial charge in [-0.1, -0.05) is 11.8 Å². The predicted octanol–water partition coefficient (Wildman–Crippen LogP) is 0.658. The lowest BCUT2D eigenvalue weighted by Gasteiger charge is -2.27. The fourth-order valence-corrected chi connectivity index (χ4v) is 1.81. The van der Waals surface area contributed by atoms with Crippen LogP contribution in [0.25, 0.3) is 0 Å². The molecule has 0 saturated heterocycles. The monoisotopic (exact) mass is 276 g/mol. The van der Waals surface area contributed by atoms with Gasteiger partial charge in [-0.15, -0.1) is 0 Å². The quantitative estimate of drug-likeness (QED) is 0.775. The van der Waals surface area contributed by atoms with E-state index < -0.39 is 0 Å². The molecule has 108 valence electrons. The van der Waals surface area contributed by atoms with Crippen LogP contribution in [0.5, 0.6) is 0 Å². The molecule has 20 heavy (non-hydrogen) atoms. The molecule has 0 unspecified atom stereocenters. The summed E-state index contributed by atoms with van der Waals surface area (Å²) in [5.74, 6) is 5.12. The number of nitrogens with zero attached hydrogens (tertiary/aromatic N) is 2. The van der Waals surface area contributed by atoms with E-state index in [0.717, 1.165) is 0 Å². The molecular formula is C15H20N2O3. The van der Waals surface area contributed by atoms with E-state index in [1.54, 1.807) is 17.2 Å². The van der Waals surface area contributed by atoms with Gasteiger partial charge in [-0.3, -0.25) is 9.78 Å². The van der Waals surface area contributed by atoms with E-state index in [4.69, 9.17) is 10.2 Å². The zero-order valence-electron chi connectivity index (χ0n) is 11.8. The van der Waals surface area contributed by atoms with Gasteiger partial charge in [0.15, 0.2) is 0 Å². The summed E-state index contributed by atoms with van der Waals surface area (Å²) in [5, 5.41) is 17.7. The van der Waals surface area contributed by atoms with Crippen molar-refractivity contribution in [1.29, 1.82) is 0 Å². The Labute approximate surface area is 119 Å². The fourth-order valence-electron chi connectivity index (χ4n) is 1.81. The molecule has 0 spiro atoms. The largest absolute Gasteiger partial charge is 0.396 e. The van der Waals surface area contributed by atoms with Crippen LogP contribution < -0.4 is 0 Å². The lowest BCUT2D eigenvalue weighted by molar-refractivity contribution is 0.0692. The first kappa shape index (κ1) is 16.2. The molecule has 0 aliphatic carbocycles. The standard InChI is InChI=1S/C15H20N2O3/c1-12(2)17(8-4-10-19)15(20)14-6-7-16-11-13(14)5-3-9-18/h6-7,11-12,18-19H,4,8-10H2,1-2H3. The van der Waals surface area contributed by atoms with E-state index in [1.807, 2.05) is 13.8 Å². The maximum atomic E-state index is 12.6. The highest BCUT2D eigenvalue weighted by Crippen LogP contribution is 2.12. The topological polar surface area (TPSA) is 73.7 Å². The Bertz CT molecular complexity index is 503. The summed E-state index contributed by atoms with van der Waals surface area (Å²) in [6.07, 6.45) is 3.59. The summed E-state index contributed by atoms with van der Waals surface area (Å²) in [6.45, 7) is 4.12. The lowest BCUT2D eigenvalue weighted by Crippen LogP contribution is -2.38. The van der Waals surface area contributed by atoms with Gasteiger partial charge in [-0.2, -0.15) is 0 Å². The lowest BCUT2D eigenvalue weighted by atomic mass is 10.1. The Hall–Kier alpha value is -1.90. The average molecular weight is 276 g/mol. The summed E-state index contributed by atoms with van der Waals surface area (Å²) in [4.78, 5) is 18.2. The van der Waals surface area contributed by atoms with Gasteiger partial charge >= 0.3 is 0 Å². The zero-order valence-corrected chi connectivity index (χ0v) is 11.8. The number of hydrogen-bond donors (Lipinski definition) is 2. The first-order valence-corrected chi connectivity index (χ1v) is 6.57. The van der Waals surface area contributed by atoms with Crippen molar-refractivity contribution in [3.05, 3.63) is 29.6 Å². The molecular weight excluding hydrogens is 256 g/mol. The molecule has 1 rings (SSSR count). The number of pyridine rings is 1. The second-order valence-electron chi connectivity index (χ2n) is 4.55. The second kappa shape index (κ2) is 8.31. The molecule has 0 radical (unpaired) electrons. The van der Waals surface area contributed by atoms with Crippen LogP contribution in [0.3, 0.4) is 0 Å². The molecule has 2 N–H and O–H groups in total. The molecule has 1 amide bonds. The summed E-state index contributed by atoms with van der Waals surface area (Å²) in [6, 6.07) is 1.65. The number of aliphatic hydroxyl groups is 2. The summed E-state index contributed by atoms with van der Waals surface area (Å²) < 4.78 is 0. The highest BCUT2D eigenvalue weighted by molar-refractivity contribution is 5.96. The molecule has 0 aliphatic rings. The van der Waals surface area contributed by atoms with Crippen molar-refractivity contribution < 1.29 is 15.0 Å². The SMILES string of the molecule is CC(C)N(CCCO)C(=O)c1ccncc1C#CCO. The third-order valence-corrected chi connectivity index (χ3v) is 2.79. The number of carbonyl (C=O) groups excluding carboxylic acids is 1. The van der Waals surface area contributed by atoms with Crippen LogP contribution in [0.1, 0.15) is 36.2 Å². The fraction of sp³-hybridized carbons (Fsp3) is 0.467. The van der Waals surface area contributed by atoms with E-state index >= 15 is 0 Å². The molecule has 5 heteroatoms. The van der Waals surface area contributed by atoms with Gasteiger partial charge in [0.25, 0.3) is 5.91 Å². The Balaban J connectivity index is 3.05. The molecule has 1 heterocycles. The molecule has 0 bridgehead atoms. The first-order valence-electron chi connectivity index (χ1n) is 6.57. The summed E-state index contributed by atoms with van der Waals surface area (Å²) in [7, 11) is 0. The van der Waals surface area contributed by atoms with Gasteiger partial charge in [0.1, 0.15) is 6.61 Å². The van der Waals surface area contributed by atoms with Gasteiger partial charge in [0.05, 0.1) is 11.1 Å². The maximum absolute atomic E-state index is 12.6. The third kappa shape index (κ3) is 4.34. The molecule has 5 nitrogen and oxygen atoms in total. The summed E-state index contributed by atoms with van der Waals surface area (Å²) in [5.41, 5.74) is 0.966. The van der Waals surface area contributed by atoms with Gasteiger partial charge in [-0.25, -0.2) is 0 Å². The molecule has 0 fully saturated rings. The molecule has 1 aromatic heterocycles. The van der Waals surface area contributed by atoms with Crippen LogP contribution >= 0.6 is 0 Å². The Kier molecular flexibility index (Phi) is 6.71. The van der Waals surface area contributed by atoms with Crippen LogP contribution in [-0.4, -0.2) is 51.8 Å². The van der Waals surface area contributed by atoms with Crippen LogP contribution in [0.15, 0.2) is 18.5 Å². The minimum atomic E-state index is -0.263. The van der Waals surface area contributed by atoms with E-state index in [2.05, 4.69) is 16.8 Å². The van der Waals surface area contributed by atoms with Crippen molar-refractivity contribution in [1.82, 2.24) is 9.88 Å². The second-order valence-corrected chi connectivity index (χ2v) is 4.55. The Morgan fingerprint density at radius 3 is 2.80 bits per heavy atom. The van der Waals surface area contributed by atoms with Crippen molar-refractivity contribution in [3.8, 4) is 11.8 Å². The van der Waals surface area contributed by atoms with Crippen LogP contribution in [-0.2, 0) is 0 Å². The van der Waals surface area contributed by atoms with Crippen LogP contribution in [0.4, 0.5) is 0 Å². The highest BCUT2D eigenvalue weighted by atomic mass is 16.3. The molecule has 0 atom stereocenters. The van der Waals surface area contributed by atoms with Gasteiger partial charge in [-0.05, 0) is 26.3 Å². The Morgan fingerprint density at radius 2 is 2.20 bits per heavy atom.